The van der Waals surface area contributed by atoms with Gasteiger partial charge in [-0.3, -0.25) is 14.4 Å². The van der Waals surface area contributed by atoms with Gasteiger partial charge in [-0.15, -0.1) is 0 Å². The second-order valence-corrected chi connectivity index (χ2v) is 7.39. The molecule has 0 atom stereocenters. The third kappa shape index (κ3) is 4.54. The van der Waals surface area contributed by atoms with E-state index in [4.69, 9.17) is 0 Å². The smallest absolute Gasteiger partial charge is 0.342 e. The summed E-state index contributed by atoms with van der Waals surface area (Å²) in [5.74, 6) is -2.30. The highest BCUT2D eigenvalue weighted by Gasteiger charge is 2.44. The van der Waals surface area contributed by atoms with E-state index in [0.29, 0.717) is 31.5 Å². The Balaban J connectivity index is 1.48. The molecule has 0 N–H and O–H groups in total. The summed E-state index contributed by atoms with van der Waals surface area (Å²) in [5.41, 5.74) is 0.675. The summed E-state index contributed by atoms with van der Waals surface area (Å²) in [5, 5.41) is 0. The van der Waals surface area contributed by atoms with E-state index in [-0.39, 0.29) is 49.5 Å². The molecular formula is C20H23F3N2O3. The monoisotopic (exact) mass is 396 g/mol. The molecule has 0 aliphatic carbocycles. The number of carbonyl (C=O) groups excluding carboxylic acids is 3. The maximum atomic E-state index is 12.7. The molecule has 2 aliphatic rings. The lowest BCUT2D eigenvalue weighted by atomic mass is 9.87. The molecule has 3 rings (SSSR count). The molecule has 28 heavy (non-hydrogen) atoms. The van der Waals surface area contributed by atoms with E-state index in [1.165, 1.54) is 0 Å². The molecule has 0 bridgehead atoms. The Morgan fingerprint density at radius 3 is 1.82 bits per heavy atom. The van der Waals surface area contributed by atoms with Crippen molar-refractivity contribution in [3.8, 4) is 0 Å². The first kappa shape index (κ1) is 20.4. The van der Waals surface area contributed by atoms with Crippen LogP contribution in [-0.2, 0) is 9.59 Å². The zero-order valence-corrected chi connectivity index (χ0v) is 15.5. The zero-order chi connectivity index (χ0) is 20.3. The quantitative estimate of drug-likeness (QED) is 0.739. The Kier molecular flexibility index (Phi) is 6.05. The van der Waals surface area contributed by atoms with Gasteiger partial charge in [0, 0.05) is 43.6 Å². The summed E-state index contributed by atoms with van der Waals surface area (Å²) in [6.45, 7) is 0.836. The number of hydrogen-bond donors (Lipinski definition) is 0. The fourth-order valence-corrected chi connectivity index (χ4v) is 3.97. The third-order valence-electron chi connectivity index (χ3n) is 5.61. The Bertz CT molecular complexity index is 720. The first-order valence-corrected chi connectivity index (χ1v) is 9.51. The van der Waals surface area contributed by atoms with Crippen LogP contribution in [-0.4, -0.2) is 59.8 Å². The molecule has 0 saturated carbocycles. The van der Waals surface area contributed by atoms with E-state index in [9.17, 15) is 27.6 Å². The molecule has 0 radical (unpaired) electrons. The topological polar surface area (TPSA) is 57.7 Å². The molecule has 152 valence electrons. The number of benzene rings is 1. The molecule has 2 saturated heterocycles. The summed E-state index contributed by atoms with van der Waals surface area (Å²) >= 11 is 0. The van der Waals surface area contributed by atoms with E-state index in [2.05, 4.69) is 0 Å². The summed E-state index contributed by atoms with van der Waals surface area (Å²) < 4.78 is 37.5. The van der Waals surface area contributed by atoms with Gasteiger partial charge in [0.1, 0.15) is 0 Å². The van der Waals surface area contributed by atoms with Crippen LogP contribution in [0.4, 0.5) is 13.2 Å². The van der Waals surface area contributed by atoms with Crippen LogP contribution in [0.3, 0.4) is 0 Å². The number of carbonyl (C=O) groups is 3. The molecule has 2 heterocycles. The third-order valence-corrected chi connectivity index (χ3v) is 5.61. The minimum Gasteiger partial charge on any atom is -0.342 e. The lowest BCUT2D eigenvalue weighted by Crippen LogP contribution is -2.49. The number of rotatable bonds is 3. The van der Waals surface area contributed by atoms with Gasteiger partial charge >= 0.3 is 12.1 Å². The van der Waals surface area contributed by atoms with Crippen LogP contribution in [0.25, 0.3) is 0 Å². The number of alkyl halides is 3. The summed E-state index contributed by atoms with van der Waals surface area (Å²) in [6, 6.07) is 9.07. The fraction of sp³-hybridized carbons (Fsp3) is 0.550. The van der Waals surface area contributed by atoms with Gasteiger partial charge in [-0.2, -0.15) is 13.2 Å². The molecule has 0 aromatic heterocycles. The average Bonchev–Trinajstić information content (AvgIpc) is 2.72. The first-order chi connectivity index (χ1) is 13.3. The highest BCUT2D eigenvalue weighted by molar-refractivity contribution is 5.98. The van der Waals surface area contributed by atoms with E-state index >= 15 is 0 Å². The van der Waals surface area contributed by atoms with Crippen molar-refractivity contribution in [3.05, 3.63) is 35.9 Å². The SMILES string of the molecule is O=C(c1ccccc1)C1CCN(C(=O)C2CCN(C(=O)C(F)(F)F)CC2)CC1. The minimum absolute atomic E-state index is 0.0578. The molecule has 8 heteroatoms. The maximum Gasteiger partial charge on any atom is 0.471 e. The molecule has 2 aliphatic heterocycles. The van der Waals surface area contributed by atoms with E-state index in [0.717, 1.165) is 4.90 Å². The van der Waals surface area contributed by atoms with Crippen LogP contribution in [0.15, 0.2) is 30.3 Å². The van der Waals surface area contributed by atoms with Gasteiger partial charge in [-0.1, -0.05) is 30.3 Å². The van der Waals surface area contributed by atoms with Crippen molar-refractivity contribution >= 4 is 17.6 Å². The fourth-order valence-electron chi connectivity index (χ4n) is 3.97. The van der Waals surface area contributed by atoms with Crippen LogP contribution in [0.2, 0.25) is 0 Å². The standard InChI is InChI=1S/C20H23F3N2O3/c21-20(22,23)19(28)25-12-8-16(9-13-25)18(27)24-10-6-15(7-11-24)17(26)14-4-2-1-3-5-14/h1-5,15-16H,6-13H2. The second kappa shape index (κ2) is 8.32. The lowest BCUT2D eigenvalue weighted by Gasteiger charge is -2.37. The predicted octanol–water partition coefficient (Wildman–Crippen LogP) is 2.91. The molecule has 5 nitrogen and oxygen atoms in total. The molecular weight excluding hydrogens is 373 g/mol. The highest BCUT2D eigenvalue weighted by atomic mass is 19.4. The van der Waals surface area contributed by atoms with E-state index in [1.54, 1.807) is 17.0 Å². The van der Waals surface area contributed by atoms with Gasteiger partial charge in [0.05, 0.1) is 0 Å². The number of Topliss-reactive ketones (excluding diaryl/α,β-unsaturated/α-hetero) is 1. The van der Waals surface area contributed by atoms with Crippen molar-refractivity contribution in [2.45, 2.75) is 31.9 Å². The average molecular weight is 396 g/mol. The highest BCUT2D eigenvalue weighted by Crippen LogP contribution is 2.27. The molecule has 1 aromatic rings. The summed E-state index contributed by atoms with van der Waals surface area (Å²) in [7, 11) is 0. The number of piperidine rings is 2. The second-order valence-electron chi connectivity index (χ2n) is 7.39. The molecule has 1 aromatic carbocycles. The van der Waals surface area contributed by atoms with Crippen LogP contribution >= 0.6 is 0 Å². The van der Waals surface area contributed by atoms with Crippen molar-refractivity contribution in [1.82, 2.24) is 9.80 Å². The Hall–Kier alpha value is -2.38. The van der Waals surface area contributed by atoms with Gasteiger partial charge in [0.2, 0.25) is 5.91 Å². The van der Waals surface area contributed by atoms with Crippen molar-refractivity contribution < 1.29 is 27.6 Å². The summed E-state index contributed by atoms with van der Waals surface area (Å²) in [4.78, 5) is 39.0. The first-order valence-electron chi connectivity index (χ1n) is 9.51. The van der Waals surface area contributed by atoms with Gasteiger partial charge in [-0.05, 0) is 25.7 Å². The molecule has 0 spiro atoms. The van der Waals surface area contributed by atoms with Crippen LogP contribution in [0, 0.1) is 11.8 Å². The molecule has 2 fully saturated rings. The number of hydrogen-bond acceptors (Lipinski definition) is 3. The Morgan fingerprint density at radius 1 is 0.786 bits per heavy atom. The molecule has 2 amide bonds. The van der Waals surface area contributed by atoms with Crippen molar-refractivity contribution in [2.75, 3.05) is 26.2 Å². The number of amides is 2. The van der Waals surface area contributed by atoms with Crippen LogP contribution in [0.1, 0.15) is 36.0 Å². The lowest BCUT2D eigenvalue weighted by molar-refractivity contribution is -0.187. The van der Waals surface area contributed by atoms with Crippen molar-refractivity contribution in [3.63, 3.8) is 0 Å². The van der Waals surface area contributed by atoms with Gasteiger partial charge in [0.15, 0.2) is 5.78 Å². The van der Waals surface area contributed by atoms with E-state index in [1.807, 2.05) is 18.2 Å². The van der Waals surface area contributed by atoms with Crippen LogP contribution in [0.5, 0.6) is 0 Å². The number of ketones is 1. The predicted molar refractivity (Wildman–Crippen MR) is 95.4 cm³/mol. The number of nitrogens with zero attached hydrogens (tertiary/aromatic N) is 2. The number of halogens is 3. The minimum atomic E-state index is -4.87. The largest absolute Gasteiger partial charge is 0.471 e. The summed E-state index contributed by atoms with van der Waals surface area (Å²) in [6.07, 6.45) is -3.22. The van der Waals surface area contributed by atoms with Gasteiger partial charge < -0.3 is 9.80 Å². The molecule has 0 unspecified atom stereocenters. The van der Waals surface area contributed by atoms with E-state index < -0.39 is 12.1 Å². The Labute approximate surface area is 161 Å². The van der Waals surface area contributed by atoms with Crippen molar-refractivity contribution in [1.29, 1.82) is 0 Å². The van der Waals surface area contributed by atoms with Gasteiger partial charge in [0.25, 0.3) is 0 Å². The van der Waals surface area contributed by atoms with Gasteiger partial charge in [-0.25, -0.2) is 0 Å². The van der Waals surface area contributed by atoms with Crippen molar-refractivity contribution in [2.24, 2.45) is 11.8 Å². The maximum absolute atomic E-state index is 12.7. The number of likely N-dealkylation sites (tertiary alicyclic amines) is 2. The normalized spacial score (nSPS) is 19.5. The van der Waals surface area contributed by atoms with Crippen LogP contribution < -0.4 is 0 Å². The zero-order valence-electron chi connectivity index (χ0n) is 15.5. The Morgan fingerprint density at radius 2 is 1.29 bits per heavy atom.